The van der Waals surface area contributed by atoms with Crippen LogP contribution < -0.4 is 5.32 Å². The Morgan fingerprint density at radius 1 is 1.35 bits per heavy atom. The van der Waals surface area contributed by atoms with E-state index >= 15 is 0 Å². The van der Waals surface area contributed by atoms with E-state index in [4.69, 9.17) is 5.11 Å². The van der Waals surface area contributed by atoms with Crippen LogP contribution >= 0.6 is 11.3 Å². The minimum Gasteiger partial charge on any atom is -0.479 e. The van der Waals surface area contributed by atoms with E-state index < -0.39 is 11.6 Å². The monoisotopic (exact) mass is 299 g/mol. The zero-order valence-electron chi connectivity index (χ0n) is 11.6. The van der Waals surface area contributed by atoms with Gasteiger partial charge >= 0.3 is 5.97 Å². The minimum absolute atomic E-state index is 0.220. The van der Waals surface area contributed by atoms with Crippen LogP contribution in [0.5, 0.6) is 0 Å². The van der Waals surface area contributed by atoms with Crippen molar-refractivity contribution >= 4 is 23.2 Å². The van der Waals surface area contributed by atoms with Crippen molar-refractivity contribution in [1.82, 2.24) is 5.32 Å². The summed E-state index contributed by atoms with van der Waals surface area (Å²) < 4.78 is 0. The number of thiophene rings is 1. The third kappa shape index (κ3) is 6.16. The van der Waals surface area contributed by atoms with Crippen molar-refractivity contribution < 1.29 is 19.8 Å². The summed E-state index contributed by atoms with van der Waals surface area (Å²) in [7, 11) is 0. The molecular formula is C14H21NO4S. The molecule has 1 aromatic rings. The second kappa shape index (κ2) is 8.01. The van der Waals surface area contributed by atoms with Gasteiger partial charge in [-0.3, -0.25) is 4.79 Å². The number of rotatable bonds is 9. The van der Waals surface area contributed by atoms with Crippen LogP contribution in [0.3, 0.4) is 0 Å². The number of carbonyl (C=O) groups excluding carboxylic acids is 1. The van der Waals surface area contributed by atoms with E-state index in [1.54, 1.807) is 11.3 Å². The second-order valence-electron chi connectivity index (χ2n) is 5.00. The van der Waals surface area contributed by atoms with Gasteiger partial charge in [-0.25, -0.2) is 4.79 Å². The maximum atomic E-state index is 11.5. The molecular weight excluding hydrogens is 278 g/mol. The van der Waals surface area contributed by atoms with E-state index in [0.29, 0.717) is 6.42 Å². The van der Waals surface area contributed by atoms with Crippen LogP contribution in [-0.2, 0) is 16.0 Å². The second-order valence-corrected chi connectivity index (χ2v) is 6.03. The maximum Gasteiger partial charge on any atom is 0.337 e. The van der Waals surface area contributed by atoms with Crippen LogP contribution in [0, 0.1) is 0 Å². The molecule has 1 atom stereocenters. The Kier molecular flexibility index (Phi) is 6.67. The van der Waals surface area contributed by atoms with E-state index in [2.05, 4.69) is 16.8 Å². The third-order valence-electron chi connectivity index (χ3n) is 3.00. The van der Waals surface area contributed by atoms with Gasteiger partial charge < -0.3 is 15.5 Å². The first-order valence-corrected chi connectivity index (χ1v) is 7.54. The molecule has 1 heterocycles. The first kappa shape index (κ1) is 16.7. The number of hydrogen-bond donors (Lipinski definition) is 3. The van der Waals surface area contributed by atoms with Crippen LogP contribution in [0.25, 0.3) is 0 Å². The number of amides is 1. The van der Waals surface area contributed by atoms with Gasteiger partial charge in [0.05, 0.1) is 6.54 Å². The van der Waals surface area contributed by atoms with E-state index in [0.717, 1.165) is 32.6 Å². The fraction of sp³-hybridized carbons (Fsp3) is 0.571. The van der Waals surface area contributed by atoms with Crippen molar-refractivity contribution in [3.05, 3.63) is 22.4 Å². The van der Waals surface area contributed by atoms with Gasteiger partial charge in [-0.2, -0.15) is 0 Å². The molecule has 0 aliphatic rings. The molecule has 1 rings (SSSR count). The van der Waals surface area contributed by atoms with Crippen LogP contribution in [-0.4, -0.2) is 34.2 Å². The Balaban J connectivity index is 2.07. The van der Waals surface area contributed by atoms with Gasteiger partial charge in [-0.1, -0.05) is 12.5 Å². The summed E-state index contributed by atoms with van der Waals surface area (Å²) in [6, 6.07) is 4.13. The molecule has 0 fully saturated rings. The summed E-state index contributed by atoms with van der Waals surface area (Å²) in [5, 5.41) is 22.6. The molecule has 0 bridgehead atoms. The van der Waals surface area contributed by atoms with Crippen molar-refractivity contribution in [2.45, 2.75) is 44.6 Å². The molecule has 1 aromatic heterocycles. The lowest BCUT2D eigenvalue weighted by atomic mass is 10.1. The lowest BCUT2D eigenvalue weighted by molar-refractivity contribution is -0.156. The lowest BCUT2D eigenvalue weighted by Gasteiger charge is -2.18. The van der Waals surface area contributed by atoms with E-state index in [-0.39, 0.29) is 12.5 Å². The quantitative estimate of drug-likeness (QED) is 0.607. The van der Waals surface area contributed by atoms with Gasteiger partial charge in [0.15, 0.2) is 5.60 Å². The summed E-state index contributed by atoms with van der Waals surface area (Å²) >= 11 is 1.74. The molecule has 1 amide bonds. The molecule has 6 heteroatoms. The molecule has 0 saturated carbocycles. The van der Waals surface area contributed by atoms with Crippen LogP contribution in [0.2, 0.25) is 0 Å². The fourth-order valence-corrected chi connectivity index (χ4v) is 2.40. The molecule has 3 N–H and O–H groups in total. The SMILES string of the molecule is CC(O)(CNC(=O)CCCCCc1cccs1)C(=O)O. The first-order chi connectivity index (χ1) is 9.42. The molecule has 0 aliphatic heterocycles. The number of carboxylic acid groups (broad SMARTS) is 1. The largest absolute Gasteiger partial charge is 0.479 e. The van der Waals surface area contributed by atoms with E-state index in [9.17, 15) is 14.7 Å². The number of unbranched alkanes of at least 4 members (excludes halogenated alkanes) is 2. The standard InChI is InChI=1S/C14H21NO4S/c1-14(19,13(17)18)10-15-12(16)8-4-2-3-6-11-7-5-9-20-11/h5,7,9,19H,2-4,6,8,10H2,1H3,(H,15,16)(H,17,18). The number of carbonyl (C=O) groups is 2. The highest BCUT2D eigenvalue weighted by molar-refractivity contribution is 7.09. The number of carboxylic acids is 1. The summed E-state index contributed by atoms with van der Waals surface area (Å²) in [6.45, 7) is 0.896. The number of aryl methyl sites for hydroxylation is 1. The highest BCUT2D eigenvalue weighted by Crippen LogP contribution is 2.13. The average Bonchev–Trinajstić information content (AvgIpc) is 2.89. The fourth-order valence-electron chi connectivity index (χ4n) is 1.65. The Morgan fingerprint density at radius 3 is 2.70 bits per heavy atom. The number of hydrogen-bond acceptors (Lipinski definition) is 4. The zero-order valence-corrected chi connectivity index (χ0v) is 12.4. The lowest BCUT2D eigenvalue weighted by Crippen LogP contribution is -2.46. The Morgan fingerprint density at radius 2 is 2.10 bits per heavy atom. The van der Waals surface area contributed by atoms with Crippen molar-refractivity contribution in [3.63, 3.8) is 0 Å². The Labute approximate surface area is 122 Å². The highest BCUT2D eigenvalue weighted by atomic mass is 32.1. The zero-order chi connectivity index (χ0) is 15.0. The van der Waals surface area contributed by atoms with Gasteiger partial charge in [0.2, 0.25) is 5.91 Å². The molecule has 1 unspecified atom stereocenters. The van der Waals surface area contributed by atoms with Gasteiger partial charge in [0.1, 0.15) is 0 Å². The molecule has 0 aliphatic carbocycles. The Bertz CT molecular complexity index is 428. The third-order valence-corrected chi connectivity index (χ3v) is 3.93. The predicted octanol–water partition coefficient (Wildman–Crippen LogP) is 1.80. The molecule has 0 saturated heterocycles. The van der Waals surface area contributed by atoms with E-state index in [1.165, 1.54) is 4.88 Å². The molecule has 5 nitrogen and oxygen atoms in total. The van der Waals surface area contributed by atoms with Crippen molar-refractivity contribution in [1.29, 1.82) is 0 Å². The first-order valence-electron chi connectivity index (χ1n) is 6.66. The topological polar surface area (TPSA) is 86.6 Å². The summed E-state index contributed by atoms with van der Waals surface area (Å²) in [4.78, 5) is 23.5. The van der Waals surface area contributed by atoms with Crippen molar-refractivity contribution in [2.75, 3.05) is 6.54 Å². The van der Waals surface area contributed by atoms with Crippen LogP contribution in [0.4, 0.5) is 0 Å². The summed E-state index contributed by atoms with van der Waals surface area (Å²) in [5.41, 5.74) is -1.91. The van der Waals surface area contributed by atoms with Gasteiger partial charge in [-0.15, -0.1) is 11.3 Å². The number of aliphatic carboxylic acids is 1. The van der Waals surface area contributed by atoms with Crippen LogP contribution in [0.15, 0.2) is 17.5 Å². The highest BCUT2D eigenvalue weighted by Gasteiger charge is 2.29. The summed E-state index contributed by atoms with van der Waals surface area (Å²) in [6.07, 6.45) is 4.17. The number of nitrogens with one attached hydrogen (secondary N) is 1. The average molecular weight is 299 g/mol. The maximum absolute atomic E-state index is 11.5. The van der Waals surface area contributed by atoms with Crippen LogP contribution in [0.1, 0.15) is 37.5 Å². The minimum atomic E-state index is -1.91. The molecule has 0 radical (unpaired) electrons. The predicted molar refractivity (Wildman–Crippen MR) is 77.8 cm³/mol. The van der Waals surface area contributed by atoms with E-state index in [1.807, 2.05) is 6.07 Å². The molecule has 20 heavy (non-hydrogen) atoms. The Hall–Kier alpha value is -1.40. The van der Waals surface area contributed by atoms with Crippen molar-refractivity contribution in [3.8, 4) is 0 Å². The van der Waals surface area contributed by atoms with Crippen molar-refractivity contribution in [2.24, 2.45) is 0 Å². The smallest absolute Gasteiger partial charge is 0.337 e. The van der Waals surface area contributed by atoms with Gasteiger partial charge in [0, 0.05) is 11.3 Å². The molecule has 112 valence electrons. The van der Waals surface area contributed by atoms with Gasteiger partial charge in [-0.05, 0) is 37.6 Å². The van der Waals surface area contributed by atoms with Gasteiger partial charge in [0.25, 0.3) is 0 Å². The number of aliphatic hydroxyl groups is 1. The summed E-state index contributed by atoms with van der Waals surface area (Å²) in [5.74, 6) is -1.56. The normalized spacial score (nSPS) is 13.7. The molecule has 0 spiro atoms. The molecule has 0 aromatic carbocycles.